The van der Waals surface area contributed by atoms with Gasteiger partial charge in [0.1, 0.15) is 0 Å². The highest BCUT2D eigenvalue weighted by Gasteiger charge is 2.08. The first-order chi connectivity index (χ1) is 16.6. The largest absolute Gasteiger partial charge is 0.490 e. The monoisotopic (exact) mass is 476 g/mol. The molecule has 0 bridgehead atoms. The fraction of sp³-hybridized carbons (Fsp3) is 0.240. The minimum Gasteiger partial charge on any atom is -0.490 e. The van der Waals surface area contributed by atoms with Gasteiger partial charge in [0.15, 0.2) is 16.6 Å². The minimum atomic E-state index is 0.471. The number of nitrogens with zero attached hydrogens (tertiary/aromatic N) is 4. The van der Waals surface area contributed by atoms with E-state index in [0.29, 0.717) is 31.4 Å². The Balaban J connectivity index is 1.32. The quantitative estimate of drug-likeness (QED) is 0.319. The lowest BCUT2D eigenvalue weighted by Crippen LogP contribution is -2.18. The second kappa shape index (κ2) is 11.3. The van der Waals surface area contributed by atoms with E-state index < -0.39 is 0 Å². The predicted octanol–water partition coefficient (Wildman–Crippen LogP) is 4.78. The molecule has 2 heterocycles. The van der Waals surface area contributed by atoms with Crippen LogP contribution in [0.4, 0.5) is 11.4 Å². The summed E-state index contributed by atoms with van der Waals surface area (Å²) in [7, 11) is 0. The van der Waals surface area contributed by atoms with E-state index in [1.807, 2.05) is 72.0 Å². The third-order valence-electron chi connectivity index (χ3n) is 4.92. The first kappa shape index (κ1) is 23.3. The zero-order valence-corrected chi connectivity index (χ0v) is 20.1. The van der Waals surface area contributed by atoms with Crippen LogP contribution in [0.15, 0.2) is 73.3 Å². The van der Waals surface area contributed by atoms with Crippen LogP contribution in [0.5, 0.6) is 11.5 Å². The van der Waals surface area contributed by atoms with E-state index in [2.05, 4.69) is 33.0 Å². The molecule has 0 spiro atoms. The summed E-state index contributed by atoms with van der Waals surface area (Å²) in [6.07, 6.45) is 7.32. The molecule has 0 aliphatic carbocycles. The maximum absolute atomic E-state index is 5.72. The molecule has 34 heavy (non-hydrogen) atoms. The van der Waals surface area contributed by atoms with Crippen molar-refractivity contribution in [3.63, 3.8) is 0 Å². The molecule has 0 atom stereocenters. The Morgan fingerprint density at radius 2 is 1.38 bits per heavy atom. The van der Waals surface area contributed by atoms with E-state index in [0.717, 1.165) is 28.4 Å². The van der Waals surface area contributed by atoms with Gasteiger partial charge in [-0.1, -0.05) is 36.4 Å². The molecule has 0 aliphatic heterocycles. The zero-order valence-electron chi connectivity index (χ0n) is 19.3. The summed E-state index contributed by atoms with van der Waals surface area (Å²) in [4.78, 5) is 0. The van der Waals surface area contributed by atoms with Crippen molar-refractivity contribution in [2.75, 3.05) is 23.8 Å². The molecule has 176 valence electrons. The molecule has 9 heteroatoms. The molecule has 2 aromatic heterocycles. The highest BCUT2D eigenvalue weighted by molar-refractivity contribution is 7.80. The van der Waals surface area contributed by atoms with Crippen LogP contribution in [0.3, 0.4) is 0 Å². The number of ether oxygens (including phenoxy) is 2. The summed E-state index contributed by atoms with van der Waals surface area (Å²) in [5.41, 5.74) is 3.86. The summed E-state index contributed by atoms with van der Waals surface area (Å²) >= 11 is 5.45. The third-order valence-corrected chi connectivity index (χ3v) is 5.13. The van der Waals surface area contributed by atoms with Crippen molar-refractivity contribution in [2.45, 2.75) is 26.9 Å². The molecular formula is C25H28N6O2S. The average molecular weight is 477 g/mol. The highest BCUT2D eigenvalue weighted by atomic mass is 32.1. The van der Waals surface area contributed by atoms with E-state index >= 15 is 0 Å². The number of rotatable bonds is 10. The Hall–Kier alpha value is -3.85. The number of thiocarbonyl (C=S) groups is 1. The molecule has 0 aliphatic rings. The summed E-state index contributed by atoms with van der Waals surface area (Å²) in [6.45, 7) is 6.38. The van der Waals surface area contributed by atoms with Crippen LogP contribution < -0.4 is 20.1 Å². The summed E-state index contributed by atoms with van der Waals surface area (Å²) < 4.78 is 15.1. The molecule has 0 unspecified atom stereocenters. The van der Waals surface area contributed by atoms with Crippen molar-refractivity contribution in [2.24, 2.45) is 0 Å². The zero-order chi connectivity index (χ0) is 23.8. The van der Waals surface area contributed by atoms with Crippen molar-refractivity contribution < 1.29 is 9.47 Å². The number of nitrogens with one attached hydrogen (secondary N) is 2. The van der Waals surface area contributed by atoms with Gasteiger partial charge < -0.3 is 20.1 Å². The molecule has 0 amide bonds. The van der Waals surface area contributed by atoms with Gasteiger partial charge in [-0.2, -0.15) is 10.2 Å². The van der Waals surface area contributed by atoms with Crippen LogP contribution in [0.25, 0.3) is 0 Å². The Labute approximate surface area is 204 Å². The van der Waals surface area contributed by atoms with Gasteiger partial charge in [-0.15, -0.1) is 0 Å². The standard InChI is InChI=1S/C25H28N6O2S/c1-3-32-23-11-10-20(12-24(23)33-4-2)16-31-18-22(14-27-31)29-25(34)28-21-13-26-30(17-21)15-19-8-6-5-7-9-19/h5-14,17-18H,3-4,15-16H2,1-2H3,(H2,28,29,34). The molecule has 0 saturated heterocycles. The van der Waals surface area contributed by atoms with E-state index in [4.69, 9.17) is 21.7 Å². The molecule has 4 aromatic rings. The molecule has 0 saturated carbocycles. The van der Waals surface area contributed by atoms with Gasteiger partial charge in [-0.05, 0) is 49.3 Å². The van der Waals surface area contributed by atoms with Crippen LogP contribution in [-0.4, -0.2) is 37.9 Å². The van der Waals surface area contributed by atoms with Crippen LogP contribution in [0.1, 0.15) is 25.0 Å². The molecule has 4 rings (SSSR count). The molecule has 0 radical (unpaired) electrons. The summed E-state index contributed by atoms with van der Waals surface area (Å²) in [6, 6.07) is 16.1. The molecule has 2 N–H and O–H groups in total. The lowest BCUT2D eigenvalue weighted by atomic mass is 10.2. The number of anilines is 2. The van der Waals surface area contributed by atoms with Crippen LogP contribution >= 0.6 is 12.2 Å². The average Bonchev–Trinajstić information content (AvgIpc) is 3.45. The first-order valence-electron chi connectivity index (χ1n) is 11.2. The first-order valence-corrected chi connectivity index (χ1v) is 11.6. The summed E-state index contributed by atoms with van der Waals surface area (Å²) in [5, 5.41) is 15.6. The smallest absolute Gasteiger partial charge is 0.175 e. The second-order valence-electron chi connectivity index (χ2n) is 7.57. The van der Waals surface area contributed by atoms with Gasteiger partial charge in [0.25, 0.3) is 0 Å². The Kier molecular flexibility index (Phi) is 7.77. The number of hydrogen-bond acceptors (Lipinski definition) is 5. The highest BCUT2D eigenvalue weighted by Crippen LogP contribution is 2.29. The SMILES string of the molecule is CCOc1ccc(Cn2cc(NC(=S)Nc3cnn(Cc4ccccc4)c3)cn2)cc1OCC. The Morgan fingerprint density at radius 1 is 0.794 bits per heavy atom. The van der Waals surface area contributed by atoms with Gasteiger partial charge in [0, 0.05) is 12.4 Å². The Morgan fingerprint density at radius 3 is 2.00 bits per heavy atom. The van der Waals surface area contributed by atoms with Gasteiger partial charge in [-0.25, -0.2) is 0 Å². The maximum atomic E-state index is 5.72. The molecule has 2 aromatic carbocycles. The van der Waals surface area contributed by atoms with Gasteiger partial charge >= 0.3 is 0 Å². The van der Waals surface area contributed by atoms with Crippen molar-refractivity contribution in [1.82, 2.24) is 19.6 Å². The van der Waals surface area contributed by atoms with E-state index in [-0.39, 0.29) is 0 Å². The second-order valence-corrected chi connectivity index (χ2v) is 7.97. The number of benzene rings is 2. The molecule has 0 fully saturated rings. The summed E-state index contributed by atoms with van der Waals surface area (Å²) in [5.74, 6) is 1.49. The topological polar surface area (TPSA) is 78.2 Å². The predicted molar refractivity (Wildman–Crippen MR) is 138 cm³/mol. The van der Waals surface area contributed by atoms with E-state index in [1.165, 1.54) is 5.56 Å². The molecular weight excluding hydrogens is 448 g/mol. The third kappa shape index (κ3) is 6.35. The van der Waals surface area contributed by atoms with Crippen molar-refractivity contribution in [1.29, 1.82) is 0 Å². The van der Waals surface area contributed by atoms with Crippen molar-refractivity contribution >= 4 is 28.7 Å². The number of aromatic nitrogens is 4. The van der Waals surface area contributed by atoms with Crippen molar-refractivity contribution in [3.8, 4) is 11.5 Å². The fourth-order valence-corrected chi connectivity index (χ4v) is 3.71. The van der Waals surface area contributed by atoms with E-state index in [9.17, 15) is 0 Å². The minimum absolute atomic E-state index is 0.471. The Bertz CT molecular complexity index is 1220. The van der Waals surface area contributed by atoms with Crippen molar-refractivity contribution in [3.05, 3.63) is 84.4 Å². The normalized spacial score (nSPS) is 10.6. The lowest BCUT2D eigenvalue weighted by Gasteiger charge is -2.12. The van der Waals surface area contributed by atoms with Gasteiger partial charge in [-0.3, -0.25) is 9.36 Å². The van der Waals surface area contributed by atoms with Crippen LogP contribution in [0.2, 0.25) is 0 Å². The van der Waals surface area contributed by atoms with Crippen LogP contribution in [-0.2, 0) is 13.1 Å². The van der Waals surface area contributed by atoms with Gasteiger partial charge in [0.05, 0.1) is 50.1 Å². The van der Waals surface area contributed by atoms with Gasteiger partial charge in [0.2, 0.25) is 0 Å². The lowest BCUT2D eigenvalue weighted by molar-refractivity contribution is 0.287. The van der Waals surface area contributed by atoms with Crippen LogP contribution in [0, 0.1) is 0 Å². The fourth-order valence-electron chi connectivity index (χ4n) is 3.47. The number of hydrogen-bond donors (Lipinski definition) is 2. The molecule has 8 nitrogen and oxygen atoms in total. The maximum Gasteiger partial charge on any atom is 0.175 e. The van der Waals surface area contributed by atoms with E-state index in [1.54, 1.807) is 12.4 Å².